The van der Waals surface area contributed by atoms with Crippen LogP contribution in [0.2, 0.25) is 0 Å². The molecular weight excluding hydrogens is 358 g/mol. The van der Waals surface area contributed by atoms with E-state index in [-0.39, 0.29) is 17.1 Å². The van der Waals surface area contributed by atoms with Crippen LogP contribution in [-0.2, 0) is 4.79 Å². The molecule has 1 aliphatic carbocycles. The summed E-state index contributed by atoms with van der Waals surface area (Å²) in [4.78, 5) is 25.7. The molecule has 2 aromatic rings. The predicted molar refractivity (Wildman–Crippen MR) is 104 cm³/mol. The monoisotopic (exact) mass is 375 g/mol. The maximum atomic E-state index is 12.7. The van der Waals surface area contributed by atoms with Gasteiger partial charge in [0.15, 0.2) is 5.78 Å². The maximum absolute atomic E-state index is 12.7. The van der Waals surface area contributed by atoms with E-state index in [2.05, 4.69) is 0 Å². The highest BCUT2D eigenvalue weighted by Gasteiger charge is 2.31. The molecule has 28 heavy (non-hydrogen) atoms. The molecule has 0 saturated heterocycles. The Morgan fingerprint density at radius 2 is 1.71 bits per heavy atom. The fourth-order valence-corrected chi connectivity index (χ4v) is 3.41. The Morgan fingerprint density at radius 1 is 1.04 bits per heavy atom. The van der Waals surface area contributed by atoms with E-state index in [1.165, 1.54) is 18.2 Å². The highest BCUT2D eigenvalue weighted by Crippen LogP contribution is 2.36. The molecule has 1 unspecified atom stereocenters. The average Bonchev–Trinajstić information content (AvgIpc) is 2.70. The number of aromatic carboxylic acids is 1. The molecule has 1 aliphatic heterocycles. The predicted octanol–water partition coefficient (Wildman–Crippen LogP) is 2.75. The van der Waals surface area contributed by atoms with Gasteiger partial charge in [-0.1, -0.05) is 18.2 Å². The number of carboxylic acids is 1. The van der Waals surface area contributed by atoms with Gasteiger partial charge in [-0.2, -0.15) is 0 Å². The molecule has 0 radical (unpaired) electrons. The van der Waals surface area contributed by atoms with E-state index in [0.717, 1.165) is 5.69 Å². The van der Waals surface area contributed by atoms with Crippen molar-refractivity contribution in [2.24, 2.45) is 0 Å². The summed E-state index contributed by atoms with van der Waals surface area (Å²) in [7, 11) is 0. The number of hydrogen-bond donors (Lipinski definition) is 3. The first kappa shape index (κ1) is 17.8. The van der Waals surface area contributed by atoms with Gasteiger partial charge in [0.05, 0.1) is 5.56 Å². The van der Waals surface area contributed by atoms with Crippen molar-refractivity contribution in [1.29, 1.82) is 0 Å². The Balaban J connectivity index is 1.82. The number of allylic oxidation sites excluding steroid dienone is 2. The summed E-state index contributed by atoms with van der Waals surface area (Å²) in [5, 5.41) is 28.6. The molecular formula is C22H17NO5. The van der Waals surface area contributed by atoms with Crippen molar-refractivity contribution in [3.8, 4) is 5.75 Å². The number of aromatic hydroxyl groups is 1. The molecule has 0 amide bonds. The van der Waals surface area contributed by atoms with Gasteiger partial charge in [0, 0.05) is 29.6 Å². The number of rotatable bonds is 3. The van der Waals surface area contributed by atoms with E-state index in [0.29, 0.717) is 28.8 Å². The van der Waals surface area contributed by atoms with Crippen LogP contribution in [0.5, 0.6) is 5.75 Å². The molecule has 6 heteroatoms. The first-order chi connectivity index (χ1) is 13.4. The lowest BCUT2D eigenvalue weighted by Crippen LogP contribution is -2.32. The minimum atomic E-state index is -1.19. The minimum Gasteiger partial charge on any atom is -0.508 e. The number of nitrogens with zero attached hydrogens (tertiary/aromatic N) is 1. The normalized spacial score (nSPS) is 18.8. The van der Waals surface area contributed by atoms with Crippen LogP contribution in [0.4, 0.5) is 5.69 Å². The summed E-state index contributed by atoms with van der Waals surface area (Å²) >= 11 is 0. The van der Waals surface area contributed by atoms with Crippen molar-refractivity contribution in [2.75, 3.05) is 11.4 Å². The van der Waals surface area contributed by atoms with Crippen molar-refractivity contribution in [2.45, 2.75) is 6.10 Å². The number of hydrogen-bond acceptors (Lipinski definition) is 5. The van der Waals surface area contributed by atoms with Crippen LogP contribution in [0.25, 0.3) is 5.57 Å². The molecule has 0 fully saturated rings. The number of aliphatic hydroxyl groups excluding tert-OH is 1. The summed E-state index contributed by atoms with van der Waals surface area (Å²) in [6, 6.07) is 13.0. The zero-order valence-corrected chi connectivity index (χ0v) is 14.7. The third-order valence-electron chi connectivity index (χ3n) is 4.85. The minimum absolute atomic E-state index is 0.157. The van der Waals surface area contributed by atoms with Gasteiger partial charge < -0.3 is 20.2 Å². The summed E-state index contributed by atoms with van der Waals surface area (Å²) in [6.07, 6.45) is 3.79. The number of carboxylic acid groups (broad SMARTS) is 1. The second kappa shape index (κ2) is 6.83. The maximum Gasteiger partial charge on any atom is 0.335 e. The standard InChI is InChI=1S/C22H17NO5/c24-17-8-6-16(7-9-17)23-11-15-5-10-19(25)21(26)20(15)18(12-23)13-1-3-14(4-2-13)22(27)28/h1-11,19,24-25H,12H2,(H,27,28). The van der Waals surface area contributed by atoms with E-state index in [1.54, 1.807) is 42.5 Å². The molecule has 0 spiro atoms. The number of benzene rings is 2. The first-order valence-electron chi connectivity index (χ1n) is 8.69. The Labute approximate surface area is 161 Å². The van der Waals surface area contributed by atoms with Gasteiger partial charge in [0.25, 0.3) is 0 Å². The fourth-order valence-electron chi connectivity index (χ4n) is 3.41. The lowest BCUT2D eigenvalue weighted by atomic mass is 9.84. The van der Waals surface area contributed by atoms with Crippen LogP contribution in [0, 0.1) is 0 Å². The van der Waals surface area contributed by atoms with Gasteiger partial charge in [-0.3, -0.25) is 4.79 Å². The van der Waals surface area contributed by atoms with Crippen LogP contribution in [-0.4, -0.2) is 39.7 Å². The van der Waals surface area contributed by atoms with E-state index in [4.69, 9.17) is 5.11 Å². The van der Waals surface area contributed by atoms with Crippen molar-refractivity contribution in [3.05, 3.63) is 89.2 Å². The molecule has 1 heterocycles. The van der Waals surface area contributed by atoms with Gasteiger partial charge in [0.1, 0.15) is 11.9 Å². The number of carbonyl (C=O) groups is 2. The third kappa shape index (κ3) is 3.10. The zero-order chi connectivity index (χ0) is 19.8. The third-order valence-corrected chi connectivity index (χ3v) is 4.85. The molecule has 4 rings (SSSR count). The lowest BCUT2D eigenvalue weighted by Gasteiger charge is -2.32. The van der Waals surface area contributed by atoms with E-state index >= 15 is 0 Å². The average molecular weight is 375 g/mol. The number of fused-ring (bicyclic) bond motifs is 1. The van der Waals surface area contributed by atoms with Crippen molar-refractivity contribution in [3.63, 3.8) is 0 Å². The number of carbonyl (C=O) groups excluding carboxylic acids is 1. The second-order valence-electron chi connectivity index (χ2n) is 6.63. The summed E-state index contributed by atoms with van der Waals surface area (Å²) in [5.41, 5.74) is 3.52. The number of aliphatic hydroxyl groups is 1. The van der Waals surface area contributed by atoms with E-state index < -0.39 is 12.1 Å². The van der Waals surface area contributed by atoms with Crippen LogP contribution in [0.1, 0.15) is 15.9 Å². The van der Waals surface area contributed by atoms with Crippen molar-refractivity contribution < 1.29 is 24.9 Å². The highest BCUT2D eigenvalue weighted by atomic mass is 16.4. The van der Waals surface area contributed by atoms with Gasteiger partial charge in [-0.05, 0) is 53.6 Å². The summed E-state index contributed by atoms with van der Waals surface area (Å²) in [5.74, 6) is -1.24. The fraction of sp³-hybridized carbons (Fsp3) is 0.0909. The SMILES string of the molecule is O=C(O)c1ccc(C2=C3C(=O)C(O)C=CC3=CN(c3ccc(O)cc3)C2)cc1. The quantitative estimate of drug-likeness (QED) is 0.763. The number of phenols is 1. The lowest BCUT2D eigenvalue weighted by molar-refractivity contribution is -0.121. The molecule has 1 atom stereocenters. The van der Waals surface area contributed by atoms with Gasteiger partial charge in [0.2, 0.25) is 0 Å². The Bertz CT molecular complexity index is 1050. The Kier molecular flexibility index (Phi) is 4.33. The molecule has 0 aromatic heterocycles. The molecule has 2 aromatic carbocycles. The number of phenolic OH excluding ortho intramolecular Hbond substituents is 1. The number of anilines is 1. The second-order valence-corrected chi connectivity index (χ2v) is 6.63. The van der Waals surface area contributed by atoms with Crippen molar-refractivity contribution in [1.82, 2.24) is 0 Å². The smallest absolute Gasteiger partial charge is 0.335 e. The van der Waals surface area contributed by atoms with Gasteiger partial charge >= 0.3 is 5.97 Å². The van der Waals surface area contributed by atoms with Gasteiger partial charge in [-0.15, -0.1) is 0 Å². The van der Waals surface area contributed by atoms with E-state index in [9.17, 15) is 19.8 Å². The molecule has 0 saturated carbocycles. The number of ketones is 1. The topological polar surface area (TPSA) is 98.1 Å². The molecule has 140 valence electrons. The zero-order valence-electron chi connectivity index (χ0n) is 14.7. The Hall–Kier alpha value is -3.64. The van der Waals surface area contributed by atoms with Crippen LogP contribution in [0.15, 0.2) is 78.0 Å². The van der Waals surface area contributed by atoms with E-state index in [1.807, 2.05) is 11.1 Å². The van der Waals surface area contributed by atoms with Crippen molar-refractivity contribution >= 4 is 23.0 Å². The van der Waals surface area contributed by atoms with Crippen LogP contribution in [0.3, 0.4) is 0 Å². The molecule has 0 bridgehead atoms. The largest absolute Gasteiger partial charge is 0.508 e. The van der Waals surface area contributed by atoms with Crippen LogP contribution < -0.4 is 4.90 Å². The van der Waals surface area contributed by atoms with Crippen LogP contribution >= 0.6 is 0 Å². The Morgan fingerprint density at radius 3 is 2.36 bits per heavy atom. The number of Topliss-reactive ketones (excluding diaryl/α,β-unsaturated/α-hetero) is 1. The molecule has 3 N–H and O–H groups in total. The summed E-state index contributed by atoms with van der Waals surface area (Å²) in [6.45, 7) is 0.363. The first-order valence-corrected chi connectivity index (χ1v) is 8.69. The highest BCUT2D eigenvalue weighted by molar-refractivity contribution is 6.13. The molecule has 2 aliphatic rings. The molecule has 6 nitrogen and oxygen atoms in total. The summed E-state index contributed by atoms with van der Waals surface area (Å²) < 4.78 is 0. The van der Waals surface area contributed by atoms with Gasteiger partial charge in [-0.25, -0.2) is 4.79 Å².